The Balaban J connectivity index is 2.15. The summed E-state index contributed by atoms with van der Waals surface area (Å²) in [4.78, 5) is 23.4. The molecule has 2 aromatic rings. The topological polar surface area (TPSA) is 59.3 Å². The van der Waals surface area contributed by atoms with Gasteiger partial charge in [-0.05, 0) is 30.2 Å². The molecule has 0 spiro atoms. The molecule has 0 fully saturated rings. The Morgan fingerprint density at radius 2 is 2.00 bits per heavy atom. The number of rotatable bonds is 3. The Bertz CT molecular complexity index is 843. The van der Waals surface area contributed by atoms with Crippen LogP contribution in [0, 0.1) is 18.6 Å². The molecule has 1 aromatic heterocycles. The third kappa shape index (κ3) is 2.65. The predicted molar refractivity (Wildman–Crippen MR) is 82.0 cm³/mol. The summed E-state index contributed by atoms with van der Waals surface area (Å²) in [5.74, 6) is -2.19. The Labute approximate surface area is 134 Å². The van der Waals surface area contributed by atoms with Gasteiger partial charge in [0.05, 0.1) is 5.03 Å². The van der Waals surface area contributed by atoms with E-state index in [0.717, 1.165) is 0 Å². The van der Waals surface area contributed by atoms with Crippen molar-refractivity contribution in [2.75, 3.05) is 5.75 Å². The van der Waals surface area contributed by atoms with E-state index in [9.17, 15) is 23.5 Å². The maximum Gasteiger partial charge on any atom is 0.327 e. The summed E-state index contributed by atoms with van der Waals surface area (Å²) in [5.41, 5.74) is 0.689. The summed E-state index contributed by atoms with van der Waals surface area (Å²) >= 11 is 1.23. The van der Waals surface area contributed by atoms with Gasteiger partial charge in [0.15, 0.2) is 0 Å². The summed E-state index contributed by atoms with van der Waals surface area (Å²) in [6.45, 7) is 1.69. The lowest BCUT2D eigenvalue weighted by atomic mass is 10.0. The average Bonchev–Trinajstić information content (AvgIpc) is 2.91. The molecule has 1 aliphatic rings. The van der Waals surface area contributed by atoms with E-state index in [1.807, 2.05) is 0 Å². The van der Waals surface area contributed by atoms with E-state index < -0.39 is 29.2 Å². The molecule has 0 amide bonds. The SMILES string of the molecule is Cc1cc(=O)n2c(c1Cc1c(F)cccc1F)SCC2C(=O)O. The van der Waals surface area contributed by atoms with Gasteiger partial charge in [0.2, 0.25) is 0 Å². The second kappa shape index (κ2) is 5.81. The molecule has 0 radical (unpaired) electrons. The van der Waals surface area contributed by atoms with Crippen LogP contribution in [0.1, 0.15) is 22.7 Å². The van der Waals surface area contributed by atoms with Crippen molar-refractivity contribution in [2.45, 2.75) is 24.4 Å². The molecule has 23 heavy (non-hydrogen) atoms. The van der Waals surface area contributed by atoms with Gasteiger partial charge in [-0.2, -0.15) is 0 Å². The lowest BCUT2D eigenvalue weighted by molar-refractivity contribution is -0.140. The predicted octanol–water partition coefficient (Wildman–Crippen LogP) is 2.76. The van der Waals surface area contributed by atoms with Gasteiger partial charge >= 0.3 is 5.97 Å². The highest BCUT2D eigenvalue weighted by Gasteiger charge is 2.32. The molecule has 1 unspecified atom stereocenters. The van der Waals surface area contributed by atoms with E-state index in [-0.39, 0.29) is 17.7 Å². The highest BCUT2D eigenvalue weighted by Crippen LogP contribution is 2.36. The van der Waals surface area contributed by atoms with Crippen LogP contribution < -0.4 is 5.56 Å². The summed E-state index contributed by atoms with van der Waals surface area (Å²) in [6.07, 6.45) is -0.0285. The molecule has 0 aliphatic carbocycles. The van der Waals surface area contributed by atoms with E-state index in [4.69, 9.17) is 0 Å². The second-order valence-electron chi connectivity index (χ2n) is 5.36. The van der Waals surface area contributed by atoms with Crippen molar-refractivity contribution in [3.63, 3.8) is 0 Å². The maximum absolute atomic E-state index is 13.9. The second-order valence-corrected chi connectivity index (χ2v) is 6.37. The highest BCUT2D eigenvalue weighted by molar-refractivity contribution is 7.99. The van der Waals surface area contributed by atoms with Crippen molar-refractivity contribution < 1.29 is 18.7 Å². The number of thioether (sulfide) groups is 1. The Kier molecular flexibility index (Phi) is 3.97. The molecule has 1 aromatic carbocycles. The quantitative estimate of drug-likeness (QED) is 0.936. The van der Waals surface area contributed by atoms with Crippen molar-refractivity contribution in [2.24, 2.45) is 0 Å². The average molecular weight is 337 g/mol. The number of halogens is 2. The summed E-state index contributed by atoms with van der Waals surface area (Å²) in [7, 11) is 0. The van der Waals surface area contributed by atoms with Crippen LogP contribution in [-0.4, -0.2) is 21.4 Å². The lowest BCUT2D eigenvalue weighted by Gasteiger charge is -2.15. The van der Waals surface area contributed by atoms with Crippen molar-refractivity contribution in [3.05, 3.63) is 62.9 Å². The van der Waals surface area contributed by atoms with Crippen LogP contribution in [0.2, 0.25) is 0 Å². The summed E-state index contributed by atoms with van der Waals surface area (Å²) in [5, 5.41) is 9.71. The summed E-state index contributed by atoms with van der Waals surface area (Å²) in [6, 6.07) is 4.01. The first-order chi connectivity index (χ1) is 10.9. The number of nitrogens with zero attached hydrogens (tertiary/aromatic N) is 1. The number of carboxylic acid groups (broad SMARTS) is 1. The van der Waals surface area contributed by atoms with E-state index in [2.05, 4.69) is 0 Å². The third-order valence-corrected chi connectivity index (χ3v) is 5.12. The fourth-order valence-corrected chi connectivity index (χ4v) is 4.09. The Hall–Kier alpha value is -2.15. The third-order valence-electron chi connectivity index (χ3n) is 3.92. The zero-order valence-corrected chi connectivity index (χ0v) is 13.0. The highest BCUT2D eigenvalue weighted by atomic mass is 32.2. The van der Waals surface area contributed by atoms with Gasteiger partial charge in [-0.3, -0.25) is 9.36 Å². The van der Waals surface area contributed by atoms with Crippen molar-refractivity contribution in [1.29, 1.82) is 0 Å². The molecular weight excluding hydrogens is 324 g/mol. The van der Waals surface area contributed by atoms with Crippen LogP contribution >= 0.6 is 11.8 Å². The van der Waals surface area contributed by atoms with Gasteiger partial charge in [0.25, 0.3) is 5.56 Å². The van der Waals surface area contributed by atoms with Gasteiger partial charge in [0.1, 0.15) is 17.7 Å². The van der Waals surface area contributed by atoms with Crippen molar-refractivity contribution >= 4 is 17.7 Å². The molecule has 7 heteroatoms. The van der Waals surface area contributed by atoms with Crippen LogP contribution in [0.25, 0.3) is 0 Å². The minimum absolute atomic E-state index is 0.0285. The molecule has 1 atom stereocenters. The molecule has 1 N–H and O–H groups in total. The van der Waals surface area contributed by atoms with E-state index in [0.29, 0.717) is 16.2 Å². The first kappa shape index (κ1) is 15.7. The van der Waals surface area contributed by atoms with Gasteiger partial charge in [-0.1, -0.05) is 6.07 Å². The number of hydrogen-bond acceptors (Lipinski definition) is 3. The van der Waals surface area contributed by atoms with E-state index >= 15 is 0 Å². The van der Waals surface area contributed by atoms with Crippen LogP contribution in [0.15, 0.2) is 34.1 Å². The molecular formula is C16H13F2NO3S. The zero-order valence-electron chi connectivity index (χ0n) is 12.2. The van der Waals surface area contributed by atoms with Crippen LogP contribution in [0.3, 0.4) is 0 Å². The summed E-state index contributed by atoms with van der Waals surface area (Å²) < 4.78 is 29.0. The minimum atomic E-state index is -1.09. The van der Waals surface area contributed by atoms with Crippen molar-refractivity contribution in [1.82, 2.24) is 4.57 Å². The number of pyridine rings is 1. The fraction of sp³-hybridized carbons (Fsp3) is 0.250. The van der Waals surface area contributed by atoms with E-state index in [1.54, 1.807) is 6.92 Å². The van der Waals surface area contributed by atoms with Crippen LogP contribution in [0.4, 0.5) is 8.78 Å². The Morgan fingerprint density at radius 1 is 1.35 bits per heavy atom. The largest absolute Gasteiger partial charge is 0.480 e. The van der Waals surface area contributed by atoms with Gasteiger partial charge in [-0.25, -0.2) is 13.6 Å². The molecule has 0 bridgehead atoms. The number of carbonyl (C=O) groups is 1. The molecule has 120 valence electrons. The number of aromatic nitrogens is 1. The van der Waals surface area contributed by atoms with Crippen LogP contribution in [0.5, 0.6) is 0 Å². The smallest absolute Gasteiger partial charge is 0.327 e. The normalized spacial score (nSPS) is 16.4. The van der Waals surface area contributed by atoms with Crippen molar-refractivity contribution in [3.8, 4) is 0 Å². The number of fused-ring (bicyclic) bond motifs is 1. The monoisotopic (exact) mass is 337 g/mol. The number of aryl methyl sites for hydroxylation is 1. The number of aliphatic carboxylic acids is 1. The molecule has 0 saturated carbocycles. The number of benzene rings is 1. The fourth-order valence-electron chi connectivity index (χ4n) is 2.71. The van der Waals surface area contributed by atoms with E-state index in [1.165, 1.54) is 40.6 Å². The van der Waals surface area contributed by atoms with Crippen LogP contribution in [-0.2, 0) is 11.2 Å². The molecule has 4 nitrogen and oxygen atoms in total. The first-order valence-electron chi connectivity index (χ1n) is 6.93. The van der Waals surface area contributed by atoms with Gasteiger partial charge < -0.3 is 5.11 Å². The zero-order chi connectivity index (χ0) is 16.7. The van der Waals surface area contributed by atoms with Gasteiger partial charge in [-0.15, -0.1) is 11.8 Å². The maximum atomic E-state index is 13.9. The molecule has 0 saturated heterocycles. The Morgan fingerprint density at radius 3 is 2.61 bits per heavy atom. The number of hydrogen-bond donors (Lipinski definition) is 1. The standard InChI is InChI=1S/C16H13F2NO3S/c1-8-5-14(20)19-13(16(21)22)7-23-15(19)9(8)6-10-11(17)3-2-4-12(10)18/h2-5,13H,6-7H2,1H3,(H,21,22). The lowest BCUT2D eigenvalue weighted by Crippen LogP contribution is -2.29. The first-order valence-corrected chi connectivity index (χ1v) is 7.92. The molecule has 2 heterocycles. The minimum Gasteiger partial charge on any atom is -0.480 e. The number of carboxylic acids is 1. The molecule has 3 rings (SSSR count). The molecule has 1 aliphatic heterocycles. The van der Waals surface area contributed by atoms with Gasteiger partial charge in [0, 0.05) is 23.8 Å².